The van der Waals surface area contributed by atoms with Crippen LogP contribution in [0.2, 0.25) is 0 Å². The molecule has 7 nitrogen and oxygen atoms in total. The van der Waals surface area contributed by atoms with Gasteiger partial charge in [0.1, 0.15) is 5.75 Å². The quantitative estimate of drug-likeness (QED) is 0.608. The molecule has 1 unspecified atom stereocenters. The first-order valence-corrected chi connectivity index (χ1v) is 11.4. The number of ether oxygens (including phenoxy) is 1. The fraction of sp³-hybridized carbons (Fsp3) is 0.368. The minimum absolute atomic E-state index is 0.151. The monoisotopic (exact) mass is 419 g/mol. The number of hydrogen-bond acceptors (Lipinski definition) is 7. The van der Waals surface area contributed by atoms with Crippen molar-refractivity contribution in [1.29, 1.82) is 0 Å². The van der Waals surface area contributed by atoms with E-state index < -0.39 is 10.0 Å². The lowest BCUT2D eigenvalue weighted by atomic mass is 9.96. The highest BCUT2D eigenvalue weighted by atomic mass is 32.2. The predicted octanol–water partition coefficient (Wildman–Crippen LogP) is 3.45. The molecule has 0 bridgehead atoms. The molecular formula is C19H21N3O4S2. The number of benzene rings is 1. The molecule has 1 saturated heterocycles. The van der Waals surface area contributed by atoms with E-state index in [1.807, 2.05) is 16.8 Å². The van der Waals surface area contributed by atoms with E-state index in [4.69, 9.17) is 9.26 Å². The maximum atomic E-state index is 13.0. The summed E-state index contributed by atoms with van der Waals surface area (Å²) in [5.74, 6) is 1.91. The molecule has 0 N–H and O–H groups in total. The molecule has 1 atom stereocenters. The van der Waals surface area contributed by atoms with Gasteiger partial charge in [-0.25, -0.2) is 8.42 Å². The third kappa shape index (κ3) is 3.96. The Labute approximate surface area is 168 Å². The third-order valence-electron chi connectivity index (χ3n) is 4.89. The van der Waals surface area contributed by atoms with Gasteiger partial charge in [-0.2, -0.15) is 20.6 Å². The Kier molecular flexibility index (Phi) is 5.47. The average molecular weight is 420 g/mol. The summed E-state index contributed by atoms with van der Waals surface area (Å²) in [6.45, 7) is 0.972. The van der Waals surface area contributed by atoms with E-state index in [0.29, 0.717) is 37.0 Å². The number of hydrogen-bond donors (Lipinski definition) is 0. The molecule has 148 valence electrons. The van der Waals surface area contributed by atoms with Crippen LogP contribution in [0.3, 0.4) is 0 Å². The van der Waals surface area contributed by atoms with Crippen LogP contribution in [0.25, 0.3) is 11.4 Å². The summed E-state index contributed by atoms with van der Waals surface area (Å²) in [7, 11) is -1.97. The maximum Gasteiger partial charge on any atom is 0.243 e. The van der Waals surface area contributed by atoms with Crippen LogP contribution in [-0.2, 0) is 16.4 Å². The van der Waals surface area contributed by atoms with Crippen molar-refractivity contribution < 1.29 is 17.7 Å². The largest absolute Gasteiger partial charge is 0.497 e. The van der Waals surface area contributed by atoms with Gasteiger partial charge in [0.25, 0.3) is 0 Å². The fourth-order valence-electron chi connectivity index (χ4n) is 3.40. The zero-order valence-electron chi connectivity index (χ0n) is 15.4. The first-order valence-electron chi connectivity index (χ1n) is 9.05. The lowest BCUT2D eigenvalue weighted by Crippen LogP contribution is -2.40. The highest BCUT2D eigenvalue weighted by molar-refractivity contribution is 7.89. The van der Waals surface area contributed by atoms with Crippen molar-refractivity contribution in [3.63, 3.8) is 0 Å². The van der Waals surface area contributed by atoms with Crippen molar-refractivity contribution >= 4 is 21.4 Å². The topological polar surface area (TPSA) is 85.5 Å². The number of aromatic nitrogens is 2. The van der Waals surface area contributed by atoms with Crippen LogP contribution in [0.1, 0.15) is 18.7 Å². The van der Waals surface area contributed by atoms with Crippen LogP contribution in [0.5, 0.6) is 5.75 Å². The summed E-state index contributed by atoms with van der Waals surface area (Å²) in [6.07, 6.45) is 2.32. The first-order chi connectivity index (χ1) is 13.6. The van der Waals surface area contributed by atoms with Crippen LogP contribution in [-0.4, -0.2) is 43.1 Å². The van der Waals surface area contributed by atoms with E-state index in [1.165, 1.54) is 0 Å². The first kappa shape index (κ1) is 19.1. The second kappa shape index (κ2) is 8.02. The highest BCUT2D eigenvalue weighted by Crippen LogP contribution is 2.27. The van der Waals surface area contributed by atoms with Crippen molar-refractivity contribution in [3.05, 3.63) is 47.0 Å². The number of nitrogens with zero attached hydrogens (tertiary/aromatic N) is 3. The van der Waals surface area contributed by atoms with Gasteiger partial charge in [0.15, 0.2) is 0 Å². The normalized spacial score (nSPS) is 18.2. The van der Waals surface area contributed by atoms with Crippen molar-refractivity contribution in [2.24, 2.45) is 5.92 Å². The molecule has 2 aromatic heterocycles. The highest BCUT2D eigenvalue weighted by Gasteiger charge is 2.31. The van der Waals surface area contributed by atoms with Crippen molar-refractivity contribution in [1.82, 2.24) is 14.4 Å². The minimum Gasteiger partial charge on any atom is -0.497 e. The smallest absolute Gasteiger partial charge is 0.243 e. The summed E-state index contributed by atoms with van der Waals surface area (Å²) in [4.78, 5) is 4.74. The molecule has 1 aromatic carbocycles. The van der Waals surface area contributed by atoms with E-state index in [2.05, 4.69) is 10.1 Å². The Morgan fingerprint density at radius 2 is 2.11 bits per heavy atom. The van der Waals surface area contributed by atoms with Crippen LogP contribution in [0, 0.1) is 5.92 Å². The van der Waals surface area contributed by atoms with Gasteiger partial charge in [0, 0.05) is 30.5 Å². The molecule has 0 saturated carbocycles. The molecule has 0 aliphatic carbocycles. The lowest BCUT2D eigenvalue weighted by Gasteiger charge is -2.31. The number of sulfonamides is 1. The standard InChI is InChI=1S/C19H21N3O4S2/c1-25-16-4-6-17(7-5-16)28(23,24)22-9-2-3-14(12-22)11-18-20-19(21-26-18)15-8-10-27-13-15/h4-8,10,13-14H,2-3,9,11-12H2,1H3. The Hall–Kier alpha value is -2.23. The molecule has 9 heteroatoms. The van der Waals surface area contributed by atoms with Crippen molar-refractivity contribution in [2.45, 2.75) is 24.2 Å². The molecule has 0 amide bonds. The molecule has 0 radical (unpaired) electrons. The summed E-state index contributed by atoms with van der Waals surface area (Å²) in [5.41, 5.74) is 0.937. The Morgan fingerprint density at radius 1 is 1.29 bits per heavy atom. The molecule has 4 rings (SSSR count). The zero-order chi connectivity index (χ0) is 19.6. The van der Waals surface area contributed by atoms with Gasteiger partial charge in [-0.05, 0) is 54.5 Å². The van der Waals surface area contributed by atoms with Gasteiger partial charge in [0.2, 0.25) is 21.7 Å². The molecule has 1 aliphatic heterocycles. The molecule has 3 aromatic rings. The SMILES string of the molecule is COc1ccc(S(=O)(=O)N2CCCC(Cc3nc(-c4ccsc4)no3)C2)cc1. The molecule has 3 heterocycles. The summed E-state index contributed by atoms with van der Waals surface area (Å²) in [6, 6.07) is 8.45. The average Bonchev–Trinajstić information content (AvgIpc) is 3.40. The van der Waals surface area contributed by atoms with Crippen LogP contribution in [0.4, 0.5) is 0 Å². The lowest BCUT2D eigenvalue weighted by molar-refractivity contribution is 0.247. The number of methoxy groups -OCH3 is 1. The van der Waals surface area contributed by atoms with Gasteiger partial charge < -0.3 is 9.26 Å². The van der Waals surface area contributed by atoms with E-state index >= 15 is 0 Å². The van der Waals surface area contributed by atoms with E-state index in [0.717, 1.165) is 18.4 Å². The van der Waals surface area contributed by atoms with Crippen LogP contribution >= 0.6 is 11.3 Å². The van der Waals surface area contributed by atoms with Crippen molar-refractivity contribution in [2.75, 3.05) is 20.2 Å². The summed E-state index contributed by atoms with van der Waals surface area (Å²) in [5, 5.41) is 7.97. The number of thiophene rings is 1. The Balaban J connectivity index is 1.45. The zero-order valence-corrected chi connectivity index (χ0v) is 17.1. The van der Waals surface area contributed by atoms with E-state index in [1.54, 1.807) is 47.0 Å². The third-order valence-corrected chi connectivity index (χ3v) is 7.45. The van der Waals surface area contributed by atoms with Gasteiger partial charge in [-0.1, -0.05) is 5.16 Å². The molecular weight excluding hydrogens is 398 g/mol. The number of rotatable bonds is 6. The second-order valence-electron chi connectivity index (χ2n) is 6.77. The molecule has 0 spiro atoms. The maximum absolute atomic E-state index is 13.0. The van der Waals surface area contributed by atoms with E-state index in [9.17, 15) is 8.42 Å². The summed E-state index contributed by atoms with van der Waals surface area (Å²) >= 11 is 1.58. The summed E-state index contributed by atoms with van der Waals surface area (Å²) < 4.78 is 38.0. The van der Waals surface area contributed by atoms with Crippen LogP contribution < -0.4 is 4.74 Å². The van der Waals surface area contributed by atoms with Gasteiger partial charge in [-0.15, -0.1) is 0 Å². The Morgan fingerprint density at radius 3 is 2.82 bits per heavy atom. The molecule has 28 heavy (non-hydrogen) atoms. The Bertz CT molecular complexity index is 1010. The second-order valence-corrected chi connectivity index (χ2v) is 9.49. The number of piperidine rings is 1. The fourth-order valence-corrected chi connectivity index (χ4v) is 5.59. The molecule has 1 fully saturated rings. The van der Waals surface area contributed by atoms with Crippen LogP contribution in [0.15, 0.2) is 50.5 Å². The minimum atomic E-state index is -3.53. The predicted molar refractivity (Wildman–Crippen MR) is 106 cm³/mol. The van der Waals surface area contributed by atoms with Gasteiger partial charge >= 0.3 is 0 Å². The van der Waals surface area contributed by atoms with E-state index in [-0.39, 0.29) is 10.8 Å². The van der Waals surface area contributed by atoms with Gasteiger partial charge in [-0.3, -0.25) is 0 Å². The van der Waals surface area contributed by atoms with Crippen molar-refractivity contribution in [3.8, 4) is 17.1 Å². The molecule has 1 aliphatic rings. The van der Waals surface area contributed by atoms with Gasteiger partial charge in [0.05, 0.1) is 12.0 Å².